The molecule has 5 nitrogen and oxygen atoms in total. The zero-order chi connectivity index (χ0) is 13.2. The second kappa shape index (κ2) is 5.33. The average molecular weight is 263 g/mol. The minimum Gasteiger partial charge on any atom is -0.481 e. The number of imidazole rings is 1. The lowest BCUT2D eigenvalue weighted by atomic mass is 9.93. The third-order valence-corrected chi connectivity index (χ3v) is 4.54. The summed E-state index contributed by atoms with van der Waals surface area (Å²) in [5.41, 5.74) is 0. The van der Waals surface area contributed by atoms with Crippen LogP contribution in [0.15, 0.2) is 12.4 Å². The van der Waals surface area contributed by atoms with Gasteiger partial charge in [0, 0.05) is 31.5 Å². The first-order valence-corrected chi connectivity index (χ1v) is 7.22. The van der Waals surface area contributed by atoms with Gasteiger partial charge in [0.25, 0.3) is 0 Å². The van der Waals surface area contributed by atoms with Crippen molar-refractivity contribution in [1.29, 1.82) is 0 Å². The van der Waals surface area contributed by atoms with Crippen LogP contribution >= 0.6 is 0 Å². The molecule has 2 heterocycles. The summed E-state index contributed by atoms with van der Waals surface area (Å²) in [5, 5.41) is 9.47. The minimum absolute atomic E-state index is 0.186. The van der Waals surface area contributed by atoms with Gasteiger partial charge in [0.15, 0.2) is 0 Å². The van der Waals surface area contributed by atoms with Gasteiger partial charge in [-0.1, -0.05) is 19.3 Å². The fourth-order valence-electron chi connectivity index (χ4n) is 3.49. The monoisotopic (exact) mass is 263 g/mol. The van der Waals surface area contributed by atoms with Gasteiger partial charge < -0.3 is 9.67 Å². The topological polar surface area (TPSA) is 58.4 Å². The lowest BCUT2D eigenvalue weighted by Gasteiger charge is -2.37. The molecule has 0 aromatic carbocycles. The van der Waals surface area contributed by atoms with Crippen molar-refractivity contribution in [2.45, 2.75) is 51.2 Å². The molecule has 1 fully saturated rings. The maximum Gasteiger partial charge on any atom is 0.308 e. The molecule has 0 radical (unpaired) electrons. The van der Waals surface area contributed by atoms with Crippen LogP contribution in [0, 0.1) is 5.92 Å². The van der Waals surface area contributed by atoms with Gasteiger partial charge in [0.2, 0.25) is 0 Å². The minimum atomic E-state index is -0.624. The second-order valence-electron chi connectivity index (χ2n) is 5.66. The van der Waals surface area contributed by atoms with Crippen molar-refractivity contribution in [3.05, 3.63) is 18.2 Å². The first-order valence-electron chi connectivity index (χ1n) is 7.22. The highest BCUT2D eigenvalue weighted by Gasteiger charge is 2.35. The highest BCUT2D eigenvalue weighted by molar-refractivity contribution is 5.70. The fourth-order valence-corrected chi connectivity index (χ4v) is 3.49. The van der Waals surface area contributed by atoms with Crippen LogP contribution in [0.1, 0.15) is 37.9 Å². The van der Waals surface area contributed by atoms with Crippen LogP contribution in [0.2, 0.25) is 0 Å². The Hall–Kier alpha value is -1.36. The quantitative estimate of drug-likeness (QED) is 0.826. The van der Waals surface area contributed by atoms with Gasteiger partial charge in [-0.15, -0.1) is 0 Å². The lowest BCUT2D eigenvalue weighted by Crippen LogP contribution is -2.46. The molecule has 1 aromatic rings. The van der Waals surface area contributed by atoms with Gasteiger partial charge in [-0.25, -0.2) is 4.98 Å². The smallest absolute Gasteiger partial charge is 0.308 e. The van der Waals surface area contributed by atoms with E-state index in [9.17, 15) is 9.90 Å². The van der Waals surface area contributed by atoms with Crippen molar-refractivity contribution in [2.75, 3.05) is 6.54 Å². The summed E-state index contributed by atoms with van der Waals surface area (Å²) < 4.78 is 2.17. The Morgan fingerprint density at radius 2 is 2.11 bits per heavy atom. The molecular weight excluding hydrogens is 242 g/mol. The summed E-state index contributed by atoms with van der Waals surface area (Å²) in [6.45, 7) is 2.66. The SMILES string of the molecule is O=C(O)C1CCCCCC1N1CCn2ccnc2C1. The van der Waals surface area contributed by atoms with Gasteiger partial charge in [-0.2, -0.15) is 0 Å². The first-order chi connectivity index (χ1) is 9.25. The molecule has 1 aliphatic heterocycles. The molecule has 3 rings (SSSR count). The second-order valence-corrected chi connectivity index (χ2v) is 5.66. The van der Waals surface area contributed by atoms with Crippen molar-refractivity contribution in [1.82, 2.24) is 14.5 Å². The Morgan fingerprint density at radius 3 is 2.95 bits per heavy atom. The standard InChI is InChI=1S/C14H21N3O2/c18-14(19)11-4-2-1-3-5-12(11)17-9-8-16-7-6-15-13(16)10-17/h6-7,11-12H,1-5,8-10H2,(H,18,19). The number of fused-ring (bicyclic) bond motifs is 1. The molecule has 2 atom stereocenters. The zero-order valence-corrected chi connectivity index (χ0v) is 11.2. The van der Waals surface area contributed by atoms with E-state index in [1.54, 1.807) is 0 Å². The number of nitrogens with zero attached hydrogens (tertiary/aromatic N) is 3. The van der Waals surface area contributed by atoms with E-state index < -0.39 is 5.97 Å². The van der Waals surface area contributed by atoms with Crippen molar-refractivity contribution in [3.63, 3.8) is 0 Å². The van der Waals surface area contributed by atoms with Gasteiger partial charge in [-0.05, 0) is 12.8 Å². The summed E-state index contributed by atoms with van der Waals surface area (Å²) >= 11 is 0. The number of carboxylic acid groups (broad SMARTS) is 1. The third kappa shape index (κ3) is 2.52. The van der Waals surface area contributed by atoms with Gasteiger partial charge in [0.05, 0.1) is 12.5 Å². The summed E-state index contributed by atoms with van der Waals surface area (Å²) in [6.07, 6.45) is 9.05. The summed E-state index contributed by atoms with van der Waals surface area (Å²) in [7, 11) is 0. The molecule has 0 bridgehead atoms. The normalized spacial score (nSPS) is 28.6. The molecule has 0 spiro atoms. The largest absolute Gasteiger partial charge is 0.481 e. The van der Waals surface area contributed by atoms with Crippen LogP contribution in [0.3, 0.4) is 0 Å². The van der Waals surface area contributed by atoms with E-state index in [-0.39, 0.29) is 12.0 Å². The number of hydrogen-bond donors (Lipinski definition) is 1. The molecule has 0 saturated heterocycles. The average Bonchev–Trinajstić information content (AvgIpc) is 2.72. The molecular formula is C14H21N3O2. The zero-order valence-electron chi connectivity index (χ0n) is 11.2. The number of rotatable bonds is 2. The van der Waals surface area contributed by atoms with E-state index in [4.69, 9.17) is 0 Å². The molecule has 1 saturated carbocycles. The predicted molar refractivity (Wildman–Crippen MR) is 70.6 cm³/mol. The Morgan fingerprint density at radius 1 is 1.26 bits per heavy atom. The van der Waals surface area contributed by atoms with Gasteiger partial charge in [0.1, 0.15) is 5.82 Å². The Balaban J connectivity index is 1.77. The molecule has 1 aromatic heterocycles. The van der Waals surface area contributed by atoms with Crippen LogP contribution in [0.25, 0.3) is 0 Å². The van der Waals surface area contributed by atoms with Crippen molar-refractivity contribution in [3.8, 4) is 0 Å². The van der Waals surface area contributed by atoms with Crippen LogP contribution in [-0.2, 0) is 17.9 Å². The van der Waals surface area contributed by atoms with Crippen LogP contribution in [0.4, 0.5) is 0 Å². The molecule has 19 heavy (non-hydrogen) atoms. The molecule has 0 amide bonds. The molecule has 1 N–H and O–H groups in total. The van der Waals surface area contributed by atoms with Crippen molar-refractivity contribution in [2.24, 2.45) is 5.92 Å². The molecule has 5 heteroatoms. The third-order valence-electron chi connectivity index (χ3n) is 4.54. The molecule has 2 aliphatic rings. The highest BCUT2D eigenvalue weighted by Crippen LogP contribution is 2.29. The van der Waals surface area contributed by atoms with Gasteiger partial charge in [-0.3, -0.25) is 9.69 Å². The number of carbonyl (C=O) groups is 1. The maximum atomic E-state index is 11.5. The van der Waals surface area contributed by atoms with Gasteiger partial charge >= 0.3 is 5.97 Å². The molecule has 2 unspecified atom stereocenters. The van der Waals surface area contributed by atoms with E-state index in [0.29, 0.717) is 0 Å². The van der Waals surface area contributed by atoms with Crippen LogP contribution in [0.5, 0.6) is 0 Å². The van der Waals surface area contributed by atoms with Crippen molar-refractivity contribution < 1.29 is 9.90 Å². The van der Waals surface area contributed by atoms with E-state index in [1.165, 1.54) is 6.42 Å². The highest BCUT2D eigenvalue weighted by atomic mass is 16.4. The Labute approximate surface area is 113 Å². The predicted octanol–water partition coefficient (Wildman–Crippen LogP) is 1.73. The number of aliphatic carboxylic acids is 1. The van der Waals surface area contributed by atoms with Crippen molar-refractivity contribution >= 4 is 5.97 Å². The Kier molecular flexibility index (Phi) is 3.55. The molecule has 1 aliphatic carbocycles. The first kappa shape index (κ1) is 12.7. The lowest BCUT2D eigenvalue weighted by molar-refractivity contribution is -0.144. The summed E-state index contributed by atoms with van der Waals surface area (Å²) in [4.78, 5) is 18.2. The van der Waals surface area contributed by atoms with E-state index >= 15 is 0 Å². The van der Waals surface area contributed by atoms with E-state index in [0.717, 1.165) is 51.1 Å². The van der Waals surface area contributed by atoms with Crippen LogP contribution < -0.4 is 0 Å². The van der Waals surface area contributed by atoms with E-state index in [2.05, 4.69) is 14.5 Å². The number of aromatic nitrogens is 2. The summed E-state index contributed by atoms with van der Waals surface area (Å²) in [6, 6.07) is 0.186. The van der Waals surface area contributed by atoms with Crippen LogP contribution in [-0.4, -0.2) is 38.1 Å². The maximum absolute atomic E-state index is 11.5. The van der Waals surface area contributed by atoms with E-state index in [1.807, 2.05) is 12.4 Å². The Bertz CT molecular complexity index is 457. The number of carboxylic acids is 1. The molecule has 104 valence electrons. The summed E-state index contributed by atoms with van der Waals surface area (Å²) in [5.74, 6) is 0.240. The fraction of sp³-hybridized carbons (Fsp3) is 0.714. The number of hydrogen-bond acceptors (Lipinski definition) is 3.